The third-order valence-corrected chi connectivity index (χ3v) is 3.67. The van der Waals surface area contributed by atoms with E-state index in [1.54, 1.807) is 18.2 Å². The van der Waals surface area contributed by atoms with Crippen LogP contribution in [-0.2, 0) is 14.3 Å². The number of hydrogen-bond donors (Lipinski definition) is 2. The lowest BCUT2D eigenvalue weighted by Gasteiger charge is -2.31. The Balaban J connectivity index is 2.06. The molecule has 0 aliphatic carbocycles. The van der Waals surface area contributed by atoms with E-state index in [1.807, 2.05) is 0 Å². The number of benzene rings is 1. The summed E-state index contributed by atoms with van der Waals surface area (Å²) in [6.07, 6.45) is 0.0952. The second-order valence-electron chi connectivity index (χ2n) is 5.03. The first-order valence-electron chi connectivity index (χ1n) is 7.07. The third kappa shape index (κ3) is 4.82. The Bertz CT molecular complexity index is 579. The summed E-state index contributed by atoms with van der Waals surface area (Å²) in [4.78, 5) is 23.1. The van der Waals surface area contributed by atoms with Gasteiger partial charge >= 0.3 is 5.97 Å². The van der Waals surface area contributed by atoms with Crippen LogP contribution < -0.4 is 10.1 Å². The van der Waals surface area contributed by atoms with Crippen molar-refractivity contribution in [2.24, 2.45) is 0 Å². The molecule has 2 atom stereocenters. The average Bonchev–Trinajstić information content (AvgIpc) is 2.53. The number of halogens is 1. The van der Waals surface area contributed by atoms with Crippen molar-refractivity contribution in [3.8, 4) is 5.75 Å². The zero-order valence-corrected chi connectivity index (χ0v) is 13.3. The van der Waals surface area contributed by atoms with Gasteiger partial charge in [-0.15, -0.1) is 0 Å². The number of amides is 1. The van der Waals surface area contributed by atoms with E-state index >= 15 is 0 Å². The van der Waals surface area contributed by atoms with Gasteiger partial charge in [-0.2, -0.15) is 0 Å². The van der Waals surface area contributed by atoms with Crippen LogP contribution in [0.15, 0.2) is 18.2 Å². The lowest BCUT2D eigenvalue weighted by atomic mass is 10.1. The SMILES string of the molecule is COc1cc(Cl)ccc1C(=O)N[C@@H]1COCC[C@@H]1OCC(=O)O. The molecule has 0 spiro atoms. The number of carbonyl (C=O) groups is 2. The Morgan fingerprint density at radius 2 is 2.26 bits per heavy atom. The summed E-state index contributed by atoms with van der Waals surface area (Å²) in [7, 11) is 1.45. The Morgan fingerprint density at radius 1 is 1.48 bits per heavy atom. The highest BCUT2D eigenvalue weighted by Crippen LogP contribution is 2.23. The van der Waals surface area contributed by atoms with Gasteiger partial charge in [-0.1, -0.05) is 11.6 Å². The first kappa shape index (κ1) is 17.5. The van der Waals surface area contributed by atoms with Gasteiger partial charge in [-0.25, -0.2) is 4.79 Å². The Kier molecular flexibility index (Phi) is 6.20. The normalized spacial score (nSPS) is 20.8. The van der Waals surface area contributed by atoms with E-state index in [-0.39, 0.29) is 12.5 Å². The summed E-state index contributed by atoms with van der Waals surface area (Å²) in [5.41, 5.74) is 0.333. The first-order valence-corrected chi connectivity index (χ1v) is 7.44. The molecule has 1 heterocycles. The summed E-state index contributed by atoms with van der Waals surface area (Å²) in [6.45, 7) is 0.300. The molecule has 1 aromatic rings. The number of carbonyl (C=O) groups excluding carboxylic acids is 1. The Morgan fingerprint density at radius 3 is 2.96 bits per heavy atom. The maximum atomic E-state index is 12.4. The average molecular weight is 344 g/mol. The van der Waals surface area contributed by atoms with Crippen molar-refractivity contribution >= 4 is 23.5 Å². The fraction of sp³-hybridized carbons (Fsp3) is 0.467. The molecule has 0 aromatic heterocycles. The fourth-order valence-electron chi connectivity index (χ4n) is 2.33. The predicted molar refractivity (Wildman–Crippen MR) is 82.1 cm³/mol. The highest BCUT2D eigenvalue weighted by Gasteiger charge is 2.29. The number of rotatable bonds is 6. The van der Waals surface area contributed by atoms with Crippen LogP contribution in [-0.4, -0.2) is 56.1 Å². The van der Waals surface area contributed by atoms with Crippen molar-refractivity contribution in [2.45, 2.75) is 18.6 Å². The van der Waals surface area contributed by atoms with Crippen molar-refractivity contribution in [2.75, 3.05) is 26.9 Å². The summed E-state index contributed by atoms with van der Waals surface area (Å²) < 4.78 is 15.8. The third-order valence-electron chi connectivity index (χ3n) is 3.44. The second kappa shape index (κ2) is 8.14. The van der Waals surface area contributed by atoms with Gasteiger partial charge in [0.1, 0.15) is 12.4 Å². The largest absolute Gasteiger partial charge is 0.496 e. The fourth-order valence-corrected chi connectivity index (χ4v) is 2.49. The molecule has 1 aromatic carbocycles. The molecular formula is C15H18ClNO6. The maximum Gasteiger partial charge on any atom is 0.329 e. The molecule has 0 saturated carbocycles. The highest BCUT2D eigenvalue weighted by atomic mass is 35.5. The zero-order chi connectivity index (χ0) is 16.8. The van der Waals surface area contributed by atoms with E-state index < -0.39 is 24.7 Å². The van der Waals surface area contributed by atoms with Gasteiger partial charge < -0.3 is 24.6 Å². The summed E-state index contributed by atoms with van der Waals surface area (Å²) >= 11 is 5.88. The molecule has 1 aliphatic heterocycles. The molecule has 2 rings (SSSR count). The molecule has 0 unspecified atom stereocenters. The van der Waals surface area contributed by atoms with E-state index in [0.29, 0.717) is 29.4 Å². The molecule has 1 aliphatic rings. The maximum absolute atomic E-state index is 12.4. The van der Waals surface area contributed by atoms with Gasteiger partial charge in [0.15, 0.2) is 0 Å². The van der Waals surface area contributed by atoms with Crippen molar-refractivity contribution in [3.05, 3.63) is 28.8 Å². The molecule has 0 bridgehead atoms. The molecule has 0 radical (unpaired) electrons. The van der Waals surface area contributed by atoms with Crippen LogP contribution in [0.3, 0.4) is 0 Å². The van der Waals surface area contributed by atoms with E-state index in [1.165, 1.54) is 7.11 Å². The molecule has 8 heteroatoms. The molecule has 126 valence electrons. The number of methoxy groups -OCH3 is 1. The minimum Gasteiger partial charge on any atom is -0.496 e. The van der Waals surface area contributed by atoms with Gasteiger partial charge in [-0.3, -0.25) is 4.79 Å². The number of aliphatic carboxylic acids is 1. The van der Waals surface area contributed by atoms with Crippen LogP contribution in [0.1, 0.15) is 16.8 Å². The number of carboxylic acid groups (broad SMARTS) is 1. The molecule has 1 fully saturated rings. The zero-order valence-electron chi connectivity index (χ0n) is 12.6. The Hall–Kier alpha value is -1.83. The van der Waals surface area contributed by atoms with Gasteiger partial charge in [0.25, 0.3) is 5.91 Å². The first-order chi connectivity index (χ1) is 11.0. The molecule has 1 amide bonds. The predicted octanol–water partition coefficient (Wildman–Crippen LogP) is 1.34. The minimum atomic E-state index is -1.05. The Labute approximate surface area is 138 Å². The molecular weight excluding hydrogens is 326 g/mol. The summed E-state index contributed by atoms with van der Waals surface area (Å²) in [5.74, 6) is -1.06. The topological polar surface area (TPSA) is 94.1 Å². The van der Waals surface area contributed by atoms with Gasteiger partial charge in [-0.05, 0) is 24.6 Å². The minimum absolute atomic E-state index is 0.256. The van der Waals surface area contributed by atoms with Crippen molar-refractivity contribution < 1.29 is 28.9 Å². The van der Waals surface area contributed by atoms with Crippen LogP contribution in [0.25, 0.3) is 0 Å². The van der Waals surface area contributed by atoms with Crippen LogP contribution in [0.2, 0.25) is 5.02 Å². The van der Waals surface area contributed by atoms with E-state index in [4.69, 9.17) is 30.9 Å². The molecule has 1 saturated heterocycles. The van der Waals surface area contributed by atoms with Crippen LogP contribution >= 0.6 is 11.6 Å². The van der Waals surface area contributed by atoms with Crippen molar-refractivity contribution in [3.63, 3.8) is 0 Å². The number of nitrogens with one attached hydrogen (secondary N) is 1. The molecule has 2 N–H and O–H groups in total. The number of carboxylic acids is 1. The molecule has 23 heavy (non-hydrogen) atoms. The second-order valence-corrected chi connectivity index (χ2v) is 5.47. The lowest BCUT2D eigenvalue weighted by molar-refractivity contribution is -0.147. The lowest BCUT2D eigenvalue weighted by Crippen LogP contribution is -2.51. The van der Waals surface area contributed by atoms with Crippen LogP contribution in [0, 0.1) is 0 Å². The van der Waals surface area contributed by atoms with Crippen molar-refractivity contribution in [1.29, 1.82) is 0 Å². The van der Waals surface area contributed by atoms with Gasteiger partial charge in [0, 0.05) is 11.6 Å². The standard InChI is InChI=1S/C15H18ClNO6/c1-21-13-6-9(16)2-3-10(13)15(20)17-11-7-22-5-4-12(11)23-8-14(18)19/h2-3,6,11-12H,4-5,7-8H2,1H3,(H,17,20)(H,18,19)/t11-,12+/m1/s1. The smallest absolute Gasteiger partial charge is 0.329 e. The van der Waals surface area contributed by atoms with Crippen LogP contribution in [0.5, 0.6) is 5.75 Å². The monoisotopic (exact) mass is 343 g/mol. The molecule has 7 nitrogen and oxygen atoms in total. The summed E-state index contributed by atoms with van der Waals surface area (Å²) in [5, 5.41) is 12.0. The van der Waals surface area contributed by atoms with E-state index in [2.05, 4.69) is 5.32 Å². The van der Waals surface area contributed by atoms with Crippen molar-refractivity contribution in [1.82, 2.24) is 5.32 Å². The van der Waals surface area contributed by atoms with Gasteiger partial charge in [0.2, 0.25) is 0 Å². The summed E-state index contributed by atoms with van der Waals surface area (Å²) in [6, 6.07) is 4.27. The number of hydrogen-bond acceptors (Lipinski definition) is 5. The van der Waals surface area contributed by atoms with Crippen LogP contribution in [0.4, 0.5) is 0 Å². The quantitative estimate of drug-likeness (QED) is 0.809. The van der Waals surface area contributed by atoms with E-state index in [9.17, 15) is 9.59 Å². The van der Waals surface area contributed by atoms with E-state index in [0.717, 1.165) is 0 Å². The van der Waals surface area contributed by atoms with Gasteiger partial charge in [0.05, 0.1) is 31.4 Å². The highest BCUT2D eigenvalue weighted by molar-refractivity contribution is 6.30. The number of ether oxygens (including phenoxy) is 3.